The van der Waals surface area contributed by atoms with Crippen LogP contribution in [0.2, 0.25) is 0 Å². The first-order chi connectivity index (χ1) is 14.6. The zero-order valence-corrected chi connectivity index (χ0v) is 16.6. The van der Waals surface area contributed by atoms with Gasteiger partial charge in [-0.05, 0) is 42.8 Å². The first-order valence-electron chi connectivity index (χ1n) is 9.25. The number of amides is 2. The average molecular weight is 431 g/mol. The molecule has 2 aromatic rings. The van der Waals surface area contributed by atoms with E-state index in [1.54, 1.807) is 24.3 Å². The summed E-state index contributed by atoms with van der Waals surface area (Å²) in [6.07, 6.45) is -3.20. The number of urea groups is 1. The summed E-state index contributed by atoms with van der Waals surface area (Å²) in [6, 6.07) is 9.27. The summed E-state index contributed by atoms with van der Waals surface area (Å²) in [4.78, 5) is 26.7. The molecule has 0 saturated carbocycles. The molecule has 1 unspecified atom stereocenters. The number of carbonyl (C=O) groups is 2. The second-order valence-electron chi connectivity index (χ2n) is 6.82. The molecule has 2 amide bonds. The van der Waals surface area contributed by atoms with Gasteiger partial charge in [0.2, 0.25) is 0 Å². The van der Waals surface area contributed by atoms with Gasteiger partial charge < -0.3 is 15.8 Å². The zero-order chi connectivity index (χ0) is 22.8. The normalized spacial score (nSPS) is 16.7. The summed E-state index contributed by atoms with van der Waals surface area (Å²) >= 11 is 0. The average Bonchev–Trinajstić information content (AvgIpc) is 2.72. The molecule has 0 radical (unpaired) electrons. The van der Waals surface area contributed by atoms with Crippen LogP contribution in [0.1, 0.15) is 24.1 Å². The third kappa shape index (κ3) is 4.55. The number of nitrogens with zero attached hydrogens (tertiary/aromatic N) is 1. The van der Waals surface area contributed by atoms with Crippen molar-refractivity contribution in [2.75, 3.05) is 17.2 Å². The second-order valence-corrected chi connectivity index (χ2v) is 6.82. The summed E-state index contributed by atoms with van der Waals surface area (Å²) in [5.41, 5.74) is 6.07. The molecule has 1 aliphatic heterocycles. The minimum absolute atomic E-state index is 0.0328. The van der Waals surface area contributed by atoms with Crippen LogP contribution in [0, 0.1) is 0 Å². The number of anilines is 2. The Labute approximate surface area is 176 Å². The van der Waals surface area contributed by atoms with Gasteiger partial charge in [0.15, 0.2) is 0 Å². The van der Waals surface area contributed by atoms with Crippen LogP contribution in [0.15, 0.2) is 72.5 Å². The van der Waals surface area contributed by atoms with Crippen molar-refractivity contribution < 1.29 is 27.5 Å². The number of allylic oxidation sites excluding steroid dienone is 1. The van der Waals surface area contributed by atoms with Gasteiger partial charge in [-0.15, -0.1) is 0 Å². The molecule has 31 heavy (non-hydrogen) atoms. The third-order valence-electron chi connectivity index (χ3n) is 4.74. The van der Waals surface area contributed by atoms with Gasteiger partial charge in [-0.2, -0.15) is 13.2 Å². The van der Waals surface area contributed by atoms with Crippen molar-refractivity contribution in [1.82, 2.24) is 5.32 Å². The van der Waals surface area contributed by atoms with Gasteiger partial charge >= 0.3 is 18.2 Å². The van der Waals surface area contributed by atoms with Gasteiger partial charge in [-0.25, -0.2) is 9.59 Å². The molecular formula is C22H20F3N3O3. The molecule has 1 atom stereocenters. The summed E-state index contributed by atoms with van der Waals surface area (Å²) in [7, 11) is 0. The fourth-order valence-corrected chi connectivity index (χ4v) is 3.29. The maximum atomic E-state index is 13.2. The van der Waals surface area contributed by atoms with Crippen LogP contribution < -0.4 is 16.0 Å². The van der Waals surface area contributed by atoms with Crippen molar-refractivity contribution in [2.24, 2.45) is 0 Å². The largest absolute Gasteiger partial charge is 0.458 e. The maximum absolute atomic E-state index is 13.2. The van der Waals surface area contributed by atoms with E-state index in [0.717, 1.165) is 17.0 Å². The molecule has 2 aromatic carbocycles. The van der Waals surface area contributed by atoms with Crippen LogP contribution in [0.4, 0.5) is 29.3 Å². The maximum Gasteiger partial charge on any atom is 0.416 e. The van der Waals surface area contributed by atoms with E-state index in [9.17, 15) is 22.8 Å². The minimum Gasteiger partial charge on any atom is -0.458 e. The molecule has 0 aliphatic carbocycles. The van der Waals surface area contributed by atoms with Crippen LogP contribution in [-0.2, 0) is 15.7 Å². The summed E-state index contributed by atoms with van der Waals surface area (Å²) in [6.45, 7) is 4.91. The van der Waals surface area contributed by atoms with Crippen molar-refractivity contribution in [3.8, 4) is 0 Å². The lowest BCUT2D eigenvalue weighted by atomic mass is 9.94. The lowest BCUT2D eigenvalue weighted by molar-refractivity contribution is -0.139. The summed E-state index contributed by atoms with van der Waals surface area (Å²) in [5.74, 6) is -0.726. The quantitative estimate of drug-likeness (QED) is 0.413. The van der Waals surface area contributed by atoms with E-state index in [1.807, 2.05) is 0 Å². The van der Waals surface area contributed by atoms with Crippen LogP contribution in [0.3, 0.4) is 0 Å². The van der Waals surface area contributed by atoms with E-state index in [1.165, 1.54) is 25.1 Å². The van der Waals surface area contributed by atoms with Crippen molar-refractivity contribution in [3.63, 3.8) is 0 Å². The molecule has 0 saturated heterocycles. The molecule has 6 nitrogen and oxygen atoms in total. The van der Waals surface area contributed by atoms with E-state index in [4.69, 9.17) is 10.5 Å². The Morgan fingerprint density at radius 3 is 2.55 bits per heavy atom. The van der Waals surface area contributed by atoms with Crippen LogP contribution in [-0.4, -0.2) is 18.6 Å². The standard InChI is InChI=1S/C22H20F3N3O3/c1-3-11-31-20(29)18-13(2)28(17-6-4-5-15(12-17)22(23,24)25)21(30)27-19(18)14-7-9-16(26)10-8-14/h3-10,12,19H,1,11,26H2,2H3,(H,27,30). The highest BCUT2D eigenvalue weighted by Crippen LogP contribution is 2.37. The Morgan fingerprint density at radius 1 is 1.26 bits per heavy atom. The topological polar surface area (TPSA) is 84.7 Å². The zero-order valence-electron chi connectivity index (χ0n) is 16.6. The highest BCUT2D eigenvalue weighted by molar-refractivity contribution is 6.03. The Bertz CT molecular complexity index is 1050. The molecule has 0 aromatic heterocycles. The predicted octanol–water partition coefficient (Wildman–Crippen LogP) is 4.56. The van der Waals surface area contributed by atoms with E-state index in [-0.39, 0.29) is 23.6 Å². The van der Waals surface area contributed by atoms with Crippen molar-refractivity contribution in [1.29, 1.82) is 0 Å². The number of nitrogens with one attached hydrogen (secondary N) is 1. The third-order valence-corrected chi connectivity index (χ3v) is 4.74. The highest BCUT2D eigenvalue weighted by Gasteiger charge is 2.38. The van der Waals surface area contributed by atoms with Gasteiger partial charge in [0.05, 0.1) is 22.9 Å². The monoisotopic (exact) mass is 431 g/mol. The smallest absolute Gasteiger partial charge is 0.416 e. The Morgan fingerprint density at radius 2 is 1.94 bits per heavy atom. The number of hydrogen-bond acceptors (Lipinski definition) is 4. The number of esters is 1. The molecule has 0 spiro atoms. The molecule has 0 fully saturated rings. The minimum atomic E-state index is -4.59. The van der Waals surface area contributed by atoms with Crippen LogP contribution in [0.25, 0.3) is 0 Å². The number of benzene rings is 2. The SMILES string of the molecule is C=CCOC(=O)C1=C(C)N(c2cccc(C(F)(F)F)c2)C(=O)NC1c1ccc(N)cc1. The van der Waals surface area contributed by atoms with Gasteiger partial charge in [0, 0.05) is 11.4 Å². The molecular weight excluding hydrogens is 411 g/mol. The molecule has 3 rings (SSSR count). The summed E-state index contributed by atoms with van der Waals surface area (Å²) < 4.78 is 44.7. The Hall–Kier alpha value is -3.75. The molecule has 1 aliphatic rings. The Kier molecular flexibility index (Phi) is 6.05. The number of halogens is 3. The number of carbonyl (C=O) groups excluding carboxylic acids is 2. The number of alkyl halides is 3. The molecule has 1 heterocycles. The summed E-state index contributed by atoms with van der Waals surface area (Å²) in [5, 5.41) is 2.68. The van der Waals surface area contributed by atoms with Crippen LogP contribution in [0.5, 0.6) is 0 Å². The fraction of sp³-hybridized carbons (Fsp3) is 0.182. The number of nitrogen functional groups attached to an aromatic ring is 1. The van der Waals surface area contributed by atoms with Gasteiger partial charge in [-0.1, -0.05) is 30.9 Å². The van der Waals surface area contributed by atoms with E-state index < -0.39 is 29.8 Å². The lowest BCUT2D eigenvalue weighted by Gasteiger charge is -2.35. The van der Waals surface area contributed by atoms with E-state index in [2.05, 4.69) is 11.9 Å². The highest BCUT2D eigenvalue weighted by atomic mass is 19.4. The van der Waals surface area contributed by atoms with E-state index >= 15 is 0 Å². The van der Waals surface area contributed by atoms with Gasteiger partial charge in [-0.3, -0.25) is 4.90 Å². The van der Waals surface area contributed by atoms with Gasteiger partial charge in [0.1, 0.15) is 6.61 Å². The molecule has 3 N–H and O–H groups in total. The predicted molar refractivity (Wildman–Crippen MR) is 110 cm³/mol. The number of hydrogen-bond donors (Lipinski definition) is 2. The van der Waals surface area contributed by atoms with Crippen molar-refractivity contribution in [3.05, 3.63) is 83.6 Å². The fourth-order valence-electron chi connectivity index (χ4n) is 3.29. The van der Waals surface area contributed by atoms with Crippen molar-refractivity contribution in [2.45, 2.75) is 19.1 Å². The lowest BCUT2D eigenvalue weighted by Crippen LogP contribution is -2.48. The number of rotatable bonds is 5. The Balaban J connectivity index is 2.13. The van der Waals surface area contributed by atoms with Crippen LogP contribution >= 0.6 is 0 Å². The first-order valence-corrected chi connectivity index (χ1v) is 9.25. The molecule has 162 valence electrons. The van der Waals surface area contributed by atoms with Crippen molar-refractivity contribution >= 4 is 23.4 Å². The number of ether oxygens (including phenoxy) is 1. The number of nitrogens with two attached hydrogens (primary N) is 1. The van der Waals surface area contributed by atoms with Gasteiger partial charge in [0.25, 0.3) is 0 Å². The second kappa shape index (κ2) is 8.55. The molecule has 9 heteroatoms. The molecule has 0 bridgehead atoms. The van der Waals surface area contributed by atoms with E-state index in [0.29, 0.717) is 11.3 Å². The first kappa shape index (κ1) is 21.9.